The summed E-state index contributed by atoms with van der Waals surface area (Å²) in [6.45, 7) is 7.65. The number of aryl methyl sites for hydroxylation is 3. The molecule has 0 fully saturated rings. The standard InChI is InChI=1S/C25H26N2O3/c1-16-5-10-21(11-6-16)26-25(29)20-8-12-22(13-9-20)30-19(4)24(28)27-23-14-7-17(2)15-18(23)3/h5-15,19H,1-4H3,(H,26,29)(H,27,28)/t19-/m1/s1. The zero-order valence-corrected chi connectivity index (χ0v) is 17.7. The molecule has 154 valence electrons. The molecule has 0 unspecified atom stereocenters. The zero-order valence-electron chi connectivity index (χ0n) is 17.7. The van der Waals surface area contributed by atoms with Crippen molar-refractivity contribution in [2.75, 3.05) is 10.6 Å². The van der Waals surface area contributed by atoms with Crippen molar-refractivity contribution in [3.05, 3.63) is 89.0 Å². The maximum atomic E-state index is 12.5. The molecule has 3 aromatic rings. The first kappa shape index (κ1) is 21.1. The summed E-state index contributed by atoms with van der Waals surface area (Å²) in [5, 5.41) is 5.75. The average Bonchev–Trinajstić information content (AvgIpc) is 2.72. The minimum Gasteiger partial charge on any atom is -0.481 e. The highest BCUT2D eigenvalue weighted by atomic mass is 16.5. The Morgan fingerprint density at radius 1 is 0.800 bits per heavy atom. The summed E-state index contributed by atoms with van der Waals surface area (Å²) in [5.41, 5.74) is 5.29. The van der Waals surface area contributed by atoms with E-state index in [1.54, 1.807) is 31.2 Å². The number of nitrogens with one attached hydrogen (secondary N) is 2. The molecule has 0 aliphatic rings. The van der Waals surface area contributed by atoms with Gasteiger partial charge in [0.15, 0.2) is 6.10 Å². The molecule has 0 aliphatic heterocycles. The van der Waals surface area contributed by atoms with Gasteiger partial charge in [0.05, 0.1) is 0 Å². The molecule has 0 saturated heterocycles. The highest BCUT2D eigenvalue weighted by molar-refractivity contribution is 6.04. The predicted octanol–water partition coefficient (Wildman–Crippen LogP) is 5.27. The monoisotopic (exact) mass is 402 g/mol. The lowest BCUT2D eigenvalue weighted by molar-refractivity contribution is -0.122. The van der Waals surface area contributed by atoms with Crippen molar-refractivity contribution in [1.82, 2.24) is 0 Å². The molecule has 0 heterocycles. The van der Waals surface area contributed by atoms with Crippen molar-refractivity contribution in [2.24, 2.45) is 0 Å². The molecule has 0 saturated carbocycles. The van der Waals surface area contributed by atoms with Gasteiger partial charge in [0.1, 0.15) is 5.75 Å². The molecule has 0 radical (unpaired) electrons. The van der Waals surface area contributed by atoms with Crippen LogP contribution in [-0.2, 0) is 4.79 Å². The topological polar surface area (TPSA) is 67.4 Å². The van der Waals surface area contributed by atoms with E-state index in [4.69, 9.17) is 4.74 Å². The second-order valence-electron chi connectivity index (χ2n) is 7.41. The molecule has 0 aliphatic carbocycles. The van der Waals surface area contributed by atoms with Gasteiger partial charge in [-0.05, 0) is 75.7 Å². The Labute approximate surface area is 177 Å². The van der Waals surface area contributed by atoms with E-state index in [0.29, 0.717) is 11.3 Å². The van der Waals surface area contributed by atoms with E-state index in [1.807, 2.05) is 63.2 Å². The Morgan fingerprint density at radius 2 is 1.43 bits per heavy atom. The van der Waals surface area contributed by atoms with Gasteiger partial charge < -0.3 is 15.4 Å². The number of rotatable bonds is 6. The number of carbonyl (C=O) groups is 2. The van der Waals surface area contributed by atoms with Crippen LogP contribution in [0.15, 0.2) is 66.7 Å². The van der Waals surface area contributed by atoms with Gasteiger partial charge in [-0.3, -0.25) is 9.59 Å². The molecule has 0 aromatic heterocycles. The molecular formula is C25H26N2O3. The van der Waals surface area contributed by atoms with E-state index in [0.717, 1.165) is 28.1 Å². The van der Waals surface area contributed by atoms with Crippen LogP contribution in [0.2, 0.25) is 0 Å². The van der Waals surface area contributed by atoms with E-state index in [2.05, 4.69) is 10.6 Å². The van der Waals surface area contributed by atoms with Crippen LogP contribution in [-0.4, -0.2) is 17.9 Å². The molecule has 2 amide bonds. The first-order valence-electron chi connectivity index (χ1n) is 9.84. The van der Waals surface area contributed by atoms with Crippen LogP contribution in [0.4, 0.5) is 11.4 Å². The fourth-order valence-corrected chi connectivity index (χ4v) is 2.97. The third kappa shape index (κ3) is 5.47. The van der Waals surface area contributed by atoms with Crippen molar-refractivity contribution < 1.29 is 14.3 Å². The number of carbonyl (C=O) groups excluding carboxylic acids is 2. The van der Waals surface area contributed by atoms with Crippen molar-refractivity contribution in [3.63, 3.8) is 0 Å². The number of benzene rings is 3. The molecule has 3 aromatic carbocycles. The molecule has 0 spiro atoms. The maximum absolute atomic E-state index is 12.5. The zero-order chi connectivity index (χ0) is 21.7. The van der Waals surface area contributed by atoms with Gasteiger partial charge in [-0.25, -0.2) is 0 Å². The van der Waals surface area contributed by atoms with E-state index in [-0.39, 0.29) is 11.8 Å². The molecule has 5 heteroatoms. The van der Waals surface area contributed by atoms with Crippen LogP contribution in [0.25, 0.3) is 0 Å². The Balaban J connectivity index is 1.58. The molecule has 3 rings (SSSR count). The first-order chi connectivity index (χ1) is 14.3. The van der Waals surface area contributed by atoms with Gasteiger partial charge in [0, 0.05) is 16.9 Å². The van der Waals surface area contributed by atoms with Gasteiger partial charge in [0.2, 0.25) is 0 Å². The number of anilines is 2. The van der Waals surface area contributed by atoms with Crippen LogP contribution in [0, 0.1) is 20.8 Å². The van der Waals surface area contributed by atoms with Crippen molar-refractivity contribution >= 4 is 23.2 Å². The van der Waals surface area contributed by atoms with Gasteiger partial charge in [-0.1, -0.05) is 35.4 Å². The number of ether oxygens (including phenoxy) is 1. The van der Waals surface area contributed by atoms with Crippen molar-refractivity contribution in [1.29, 1.82) is 0 Å². The van der Waals surface area contributed by atoms with Gasteiger partial charge >= 0.3 is 0 Å². The molecule has 2 N–H and O–H groups in total. The summed E-state index contributed by atoms with van der Waals surface area (Å²) < 4.78 is 5.73. The highest BCUT2D eigenvalue weighted by Gasteiger charge is 2.16. The van der Waals surface area contributed by atoms with Gasteiger partial charge in [-0.15, -0.1) is 0 Å². The lowest BCUT2D eigenvalue weighted by atomic mass is 10.1. The minimum absolute atomic E-state index is 0.203. The van der Waals surface area contributed by atoms with E-state index < -0.39 is 6.10 Å². The van der Waals surface area contributed by atoms with Crippen LogP contribution >= 0.6 is 0 Å². The normalized spacial score (nSPS) is 11.5. The maximum Gasteiger partial charge on any atom is 0.265 e. The summed E-state index contributed by atoms with van der Waals surface area (Å²) in [4.78, 5) is 24.8. The fourth-order valence-electron chi connectivity index (χ4n) is 2.97. The third-order valence-electron chi connectivity index (χ3n) is 4.75. The summed E-state index contributed by atoms with van der Waals surface area (Å²) in [5.74, 6) is 0.0827. The lowest BCUT2D eigenvalue weighted by Crippen LogP contribution is -2.30. The minimum atomic E-state index is -0.682. The van der Waals surface area contributed by atoms with Crippen molar-refractivity contribution in [3.8, 4) is 5.75 Å². The van der Waals surface area contributed by atoms with Gasteiger partial charge in [-0.2, -0.15) is 0 Å². The highest BCUT2D eigenvalue weighted by Crippen LogP contribution is 2.19. The molecule has 0 bridgehead atoms. The number of amides is 2. The van der Waals surface area contributed by atoms with E-state index in [9.17, 15) is 9.59 Å². The predicted molar refractivity (Wildman–Crippen MR) is 120 cm³/mol. The Kier molecular flexibility index (Phi) is 6.52. The van der Waals surface area contributed by atoms with Crippen molar-refractivity contribution in [2.45, 2.75) is 33.8 Å². The summed E-state index contributed by atoms with van der Waals surface area (Å²) in [7, 11) is 0. The summed E-state index contributed by atoms with van der Waals surface area (Å²) >= 11 is 0. The lowest BCUT2D eigenvalue weighted by Gasteiger charge is -2.16. The van der Waals surface area contributed by atoms with E-state index in [1.165, 1.54) is 0 Å². The van der Waals surface area contributed by atoms with Crippen LogP contribution in [0.5, 0.6) is 5.75 Å². The van der Waals surface area contributed by atoms with Crippen LogP contribution in [0.3, 0.4) is 0 Å². The SMILES string of the molecule is Cc1ccc(NC(=O)c2ccc(O[C@H](C)C(=O)Nc3ccc(C)cc3C)cc2)cc1. The van der Waals surface area contributed by atoms with Crippen LogP contribution in [0.1, 0.15) is 34.0 Å². The smallest absolute Gasteiger partial charge is 0.265 e. The van der Waals surface area contributed by atoms with Gasteiger partial charge in [0.25, 0.3) is 11.8 Å². The molecule has 1 atom stereocenters. The Bertz CT molecular complexity index is 1040. The number of hydrogen-bond donors (Lipinski definition) is 2. The largest absolute Gasteiger partial charge is 0.481 e. The Morgan fingerprint density at radius 3 is 2.07 bits per heavy atom. The fraction of sp³-hybridized carbons (Fsp3) is 0.200. The van der Waals surface area contributed by atoms with Crippen LogP contribution < -0.4 is 15.4 Å². The first-order valence-corrected chi connectivity index (χ1v) is 9.84. The number of hydrogen-bond acceptors (Lipinski definition) is 3. The third-order valence-corrected chi connectivity index (χ3v) is 4.75. The molecular weight excluding hydrogens is 376 g/mol. The average molecular weight is 402 g/mol. The molecule has 30 heavy (non-hydrogen) atoms. The quantitative estimate of drug-likeness (QED) is 0.590. The second-order valence-corrected chi connectivity index (χ2v) is 7.41. The summed E-state index contributed by atoms with van der Waals surface area (Å²) in [6.07, 6.45) is -0.682. The summed E-state index contributed by atoms with van der Waals surface area (Å²) in [6, 6.07) is 20.2. The Hall–Kier alpha value is -3.60. The molecule has 5 nitrogen and oxygen atoms in total. The second kappa shape index (κ2) is 9.27. The van der Waals surface area contributed by atoms with E-state index >= 15 is 0 Å².